The molecule has 0 radical (unpaired) electrons. The lowest BCUT2D eigenvalue weighted by Gasteiger charge is -2.04. The fourth-order valence-corrected chi connectivity index (χ4v) is 2.12. The number of nitrogens with two attached hydrogens (primary N) is 1. The zero-order chi connectivity index (χ0) is 12.8. The molecule has 5 nitrogen and oxygen atoms in total. The Morgan fingerprint density at radius 2 is 2.00 bits per heavy atom. The number of aromatic nitrogens is 4. The van der Waals surface area contributed by atoms with Crippen LogP contribution < -0.4 is 5.73 Å². The van der Waals surface area contributed by atoms with E-state index in [2.05, 4.69) is 46.0 Å². The van der Waals surface area contributed by atoms with E-state index in [9.17, 15) is 0 Å². The van der Waals surface area contributed by atoms with Gasteiger partial charge in [0.25, 0.3) is 0 Å². The summed E-state index contributed by atoms with van der Waals surface area (Å²) in [5, 5.41) is 11.8. The molecular formula is C12H17N5S. The van der Waals surface area contributed by atoms with Crippen molar-refractivity contribution in [1.82, 2.24) is 20.2 Å². The molecule has 0 saturated carbocycles. The van der Waals surface area contributed by atoms with Gasteiger partial charge < -0.3 is 5.73 Å². The van der Waals surface area contributed by atoms with Crippen molar-refractivity contribution in [3.05, 3.63) is 24.3 Å². The highest BCUT2D eigenvalue weighted by Gasteiger charge is 2.08. The minimum Gasteiger partial charge on any atom is -0.330 e. The number of hydrogen-bond donors (Lipinski definition) is 1. The largest absolute Gasteiger partial charge is 0.330 e. The Kier molecular flexibility index (Phi) is 4.72. The average Bonchev–Trinajstić information content (AvgIpc) is 2.88. The van der Waals surface area contributed by atoms with E-state index >= 15 is 0 Å². The average molecular weight is 263 g/mol. The maximum atomic E-state index is 5.49. The molecule has 0 spiro atoms. The van der Waals surface area contributed by atoms with Gasteiger partial charge in [0.05, 0.1) is 0 Å². The van der Waals surface area contributed by atoms with Crippen molar-refractivity contribution in [3.8, 4) is 11.4 Å². The van der Waals surface area contributed by atoms with Crippen LogP contribution >= 0.6 is 11.8 Å². The lowest BCUT2D eigenvalue weighted by Crippen LogP contribution is -2.06. The first-order chi connectivity index (χ1) is 8.85. The van der Waals surface area contributed by atoms with Crippen molar-refractivity contribution in [3.63, 3.8) is 0 Å². The Labute approximate surface area is 111 Å². The molecule has 0 aliphatic carbocycles. The van der Waals surface area contributed by atoms with Crippen molar-refractivity contribution >= 4 is 11.8 Å². The molecule has 1 aromatic heterocycles. The Hall–Kier alpha value is -1.40. The lowest BCUT2D eigenvalue weighted by atomic mass is 10.2. The molecule has 96 valence electrons. The highest BCUT2D eigenvalue weighted by molar-refractivity contribution is 7.98. The molecule has 0 fully saturated rings. The SMILES string of the molecule is CSc1ccc(-c2nnnn2CCCCN)cc1. The fourth-order valence-electron chi connectivity index (χ4n) is 1.71. The molecule has 1 heterocycles. The van der Waals surface area contributed by atoms with Gasteiger partial charge in [0.15, 0.2) is 5.82 Å². The zero-order valence-electron chi connectivity index (χ0n) is 10.4. The number of aryl methyl sites for hydroxylation is 1. The summed E-state index contributed by atoms with van der Waals surface area (Å²) in [5.74, 6) is 0.819. The van der Waals surface area contributed by atoms with Crippen LogP contribution in [0.5, 0.6) is 0 Å². The first kappa shape index (κ1) is 13.0. The molecule has 0 saturated heterocycles. The molecule has 18 heavy (non-hydrogen) atoms. The second-order valence-corrected chi connectivity index (χ2v) is 4.83. The van der Waals surface area contributed by atoms with E-state index in [1.807, 2.05) is 4.68 Å². The van der Waals surface area contributed by atoms with Crippen LogP contribution in [0.1, 0.15) is 12.8 Å². The first-order valence-electron chi connectivity index (χ1n) is 5.96. The standard InChI is InChI=1S/C12H17N5S/c1-18-11-6-4-10(5-7-11)12-14-15-16-17(12)9-3-2-8-13/h4-7H,2-3,8-9,13H2,1H3. The highest BCUT2D eigenvalue weighted by Crippen LogP contribution is 2.21. The van der Waals surface area contributed by atoms with Gasteiger partial charge >= 0.3 is 0 Å². The van der Waals surface area contributed by atoms with Crippen LogP contribution in [0.15, 0.2) is 29.2 Å². The van der Waals surface area contributed by atoms with E-state index in [1.54, 1.807) is 11.8 Å². The third-order valence-corrected chi connectivity index (χ3v) is 3.45. The van der Waals surface area contributed by atoms with Gasteiger partial charge in [-0.15, -0.1) is 16.9 Å². The second-order valence-electron chi connectivity index (χ2n) is 3.95. The van der Waals surface area contributed by atoms with Crippen LogP contribution in [0, 0.1) is 0 Å². The maximum absolute atomic E-state index is 5.49. The van der Waals surface area contributed by atoms with Gasteiger partial charge in [-0.1, -0.05) is 12.1 Å². The second kappa shape index (κ2) is 6.51. The van der Waals surface area contributed by atoms with Gasteiger partial charge in [0.2, 0.25) is 0 Å². The number of thioether (sulfide) groups is 1. The van der Waals surface area contributed by atoms with Crippen LogP contribution in [-0.2, 0) is 6.54 Å². The van der Waals surface area contributed by atoms with E-state index in [1.165, 1.54) is 4.90 Å². The molecular weight excluding hydrogens is 246 g/mol. The predicted molar refractivity (Wildman–Crippen MR) is 73.3 cm³/mol. The van der Waals surface area contributed by atoms with E-state index in [0.29, 0.717) is 6.54 Å². The van der Waals surface area contributed by atoms with Crippen molar-refractivity contribution in [2.45, 2.75) is 24.3 Å². The summed E-state index contributed by atoms with van der Waals surface area (Å²) in [6, 6.07) is 8.27. The molecule has 0 aliphatic rings. The number of nitrogens with zero attached hydrogens (tertiary/aromatic N) is 4. The zero-order valence-corrected chi connectivity index (χ0v) is 11.2. The first-order valence-corrected chi connectivity index (χ1v) is 7.18. The quantitative estimate of drug-likeness (QED) is 0.635. The summed E-state index contributed by atoms with van der Waals surface area (Å²) < 4.78 is 1.84. The summed E-state index contributed by atoms with van der Waals surface area (Å²) in [4.78, 5) is 1.24. The van der Waals surface area contributed by atoms with E-state index < -0.39 is 0 Å². The number of hydrogen-bond acceptors (Lipinski definition) is 5. The minimum atomic E-state index is 0.708. The molecule has 6 heteroatoms. The third kappa shape index (κ3) is 3.08. The molecule has 0 atom stereocenters. The highest BCUT2D eigenvalue weighted by atomic mass is 32.2. The van der Waals surface area contributed by atoms with Crippen LogP contribution in [0.4, 0.5) is 0 Å². The summed E-state index contributed by atoms with van der Waals surface area (Å²) in [6.07, 6.45) is 4.05. The molecule has 2 aromatic rings. The molecule has 2 rings (SSSR count). The number of unbranched alkanes of at least 4 members (excludes halogenated alkanes) is 1. The molecule has 0 unspecified atom stereocenters. The minimum absolute atomic E-state index is 0.708. The monoisotopic (exact) mass is 263 g/mol. The van der Waals surface area contributed by atoms with Gasteiger partial charge in [-0.3, -0.25) is 0 Å². The van der Waals surface area contributed by atoms with Gasteiger partial charge in [0.1, 0.15) is 0 Å². The smallest absolute Gasteiger partial charge is 0.182 e. The van der Waals surface area contributed by atoms with Crippen molar-refractivity contribution in [2.24, 2.45) is 5.73 Å². The van der Waals surface area contributed by atoms with E-state index in [0.717, 1.165) is 30.8 Å². The lowest BCUT2D eigenvalue weighted by molar-refractivity contribution is 0.548. The Balaban J connectivity index is 2.14. The molecule has 0 aliphatic heterocycles. The van der Waals surface area contributed by atoms with Gasteiger partial charge in [-0.25, -0.2) is 4.68 Å². The Morgan fingerprint density at radius 3 is 2.67 bits per heavy atom. The van der Waals surface area contributed by atoms with Crippen LogP contribution in [0.2, 0.25) is 0 Å². The number of benzene rings is 1. The van der Waals surface area contributed by atoms with Gasteiger partial charge in [0, 0.05) is 17.0 Å². The van der Waals surface area contributed by atoms with E-state index in [4.69, 9.17) is 5.73 Å². The van der Waals surface area contributed by atoms with Crippen LogP contribution in [0.25, 0.3) is 11.4 Å². The summed E-state index contributed by atoms with van der Waals surface area (Å²) in [7, 11) is 0. The van der Waals surface area contributed by atoms with Crippen LogP contribution in [0.3, 0.4) is 0 Å². The van der Waals surface area contributed by atoms with Gasteiger partial charge in [-0.2, -0.15) is 0 Å². The van der Waals surface area contributed by atoms with Crippen LogP contribution in [-0.4, -0.2) is 33.0 Å². The molecule has 1 aromatic carbocycles. The number of rotatable bonds is 6. The normalized spacial score (nSPS) is 10.8. The van der Waals surface area contributed by atoms with Crippen molar-refractivity contribution in [1.29, 1.82) is 0 Å². The summed E-state index contributed by atoms with van der Waals surface area (Å²) >= 11 is 1.72. The van der Waals surface area contributed by atoms with Crippen molar-refractivity contribution < 1.29 is 0 Å². The number of tetrazole rings is 1. The predicted octanol–water partition coefficient (Wildman–Crippen LogP) is 1.80. The third-order valence-electron chi connectivity index (χ3n) is 2.70. The van der Waals surface area contributed by atoms with Crippen molar-refractivity contribution in [2.75, 3.05) is 12.8 Å². The Morgan fingerprint density at radius 1 is 1.22 bits per heavy atom. The maximum Gasteiger partial charge on any atom is 0.182 e. The molecule has 0 amide bonds. The summed E-state index contributed by atoms with van der Waals surface area (Å²) in [5.41, 5.74) is 6.53. The molecule has 0 bridgehead atoms. The molecule has 2 N–H and O–H groups in total. The summed E-state index contributed by atoms with van der Waals surface area (Å²) in [6.45, 7) is 1.52. The van der Waals surface area contributed by atoms with E-state index in [-0.39, 0.29) is 0 Å². The fraction of sp³-hybridized carbons (Fsp3) is 0.417. The topological polar surface area (TPSA) is 69.6 Å². The Bertz CT molecular complexity index is 479. The van der Waals surface area contributed by atoms with Gasteiger partial charge in [-0.05, 0) is 48.2 Å².